The SMILES string of the molecule is CCCCCC#CCn1cc[n+](CCCCCC[Si](C)(C)C)c1C. The van der Waals surface area contributed by atoms with Gasteiger partial charge in [0.15, 0.2) is 6.54 Å². The molecule has 0 bridgehead atoms. The van der Waals surface area contributed by atoms with Crippen LogP contribution in [-0.2, 0) is 13.1 Å². The number of unbranched alkanes of at least 4 members (excludes halogenated alkanes) is 6. The lowest BCUT2D eigenvalue weighted by atomic mass is 10.2. The molecule has 136 valence electrons. The average Bonchev–Trinajstić information content (AvgIpc) is 2.86. The van der Waals surface area contributed by atoms with Crippen molar-refractivity contribution in [3.8, 4) is 11.8 Å². The number of nitrogens with zero attached hydrogens (tertiary/aromatic N) is 2. The van der Waals surface area contributed by atoms with Crippen LogP contribution in [0.3, 0.4) is 0 Å². The lowest BCUT2D eigenvalue weighted by Gasteiger charge is -2.14. The Labute approximate surface area is 151 Å². The quantitative estimate of drug-likeness (QED) is 0.214. The van der Waals surface area contributed by atoms with Crippen LogP contribution >= 0.6 is 0 Å². The minimum Gasteiger partial charge on any atom is -0.234 e. The first kappa shape index (κ1) is 21.0. The Balaban J connectivity index is 2.24. The van der Waals surface area contributed by atoms with Crippen LogP contribution in [0.4, 0.5) is 0 Å². The maximum Gasteiger partial charge on any atom is 0.254 e. The molecule has 0 saturated heterocycles. The second kappa shape index (κ2) is 11.5. The van der Waals surface area contributed by atoms with Crippen molar-refractivity contribution in [2.24, 2.45) is 0 Å². The van der Waals surface area contributed by atoms with E-state index in [0.29, 0.717) is 0 Å². The van der Waals surface area contributed by atoms with Gasteiger partial charge in [0.2, 0.25) is 0 Å². The molecule has 0 aliphatic rings. The first-order chi connectivity index (χ1) is 11.4. The fourth-order valence-corrected chi connectivity index (χ4v) is 4.24. The third-order valence-electron chi connectivity index (χ3n) is 4.61. The molecule has 0 aliphatic heterocycles. The summed E-state index contributed by atoms with van der Waals surface area (Å²) in [6.07, 6.45) is 14.7. The van der Waals surface area contributed by atoms with Crippen LogP contribution in [0.1, 0.15) is 64.1 Å². The summed E-state index contributed by atoms with van der Waals surface area (Å²) >= 11 is 0. The van der Waals surface area contributed by atoms with Gasteiger partial charge in [-0.2, -0.15) is 0 Å². The van der Waals surface area contributed by atoms with Crippen molar-refractivity contribution in [1.29, 1.82) is 0 Å². The first-order valence-corrected chi connectivity index (χ1v) is 13.7. The predicted molar refractivity (Wildman–Crippen MR) is 108 cm³/mol. The molecule has 0 radical (unpaired) electrons. The van der Waals surface area contributed by atoms with E-state index in [4.69, 9.17) is 0 Å². The number of hydrogen-bond acceptors (Lipinski definition) is 0. The zero-order chi connectivity index (χ0) is 17.8. The van der Waals surface area contributed by atoms with Crippen LogP contribution in [-0.4, -0.2) is 12.6 Å². The van der Waals surface area contributed by atoms with E-state index in [1.54, 1.807) is 0 Å². The summed E-state index contributed by atoms with van der Waals surface area (Å²) in [5.74, 6) is 7.96. The van der Waals surface area contributed by atoms with Gasteiger partial charge in [0.05, 0.1) is 6.54 Å². The molecular weight excluding hydrogens is 308 g/mol. The van der Waals surface area contributed by atoms with Crippen molar-refractivity contribution in [3.05, 3.63) is 18.2 Å². The summed E-state index contributed by atoms with van der Waals surface area (Å²) in [4.78, 5) is 0. The van der Waals surface area contributed by atoms with Crippen LogP contribution < -0.4 is 4.57 Å². The zero-order valence-corrected chi connectivity index (χ0v) is 17.8. The zero-order valence-electron chi connectivity index (χ0n) is 16.8. The summed E-state index contributed by atoms with van der Waals surface area (Å²) in [6.45, 7) is 13.9. The van der Waals surface area contributed by atoms with E-state index in [1.807, 2.05) is 0 Å². The Bertz CT molecular complexity index is 514. The van der Waals surface area contributed by atoms with Gasteiger partial charge in [-0.15, -0.1) is 0 Å². The van der Waals surface area contributed by atoms with Crippen molar-refractivity contribution in [1.82, 2.24) is 4.57 Å². The molecule has 2 nitrogen and oxygen atoms in total. The van der Waals surface area contributed by atoms with Gasteiger partial charge < -0.3 is 0 Å². The second-order valence-electron chi connectivity index (χ2n) is 8.20. The van der Waals surface area contributed by atoms with Crippen LogP contribution in [0.2, 0.25) is 25.7 Å². The van der Waals surface area contributed by atoms with E-state index in [9.17, 15) is 0 Å². The highest BCUT2D eigenvalue weighted by Gasteiger charge is 2.12. The van der Waals surface area contributed by atoms with Gasteiger partial charge in [-0.1, -0.05) is 70.1 Å². The maximum absolute atomic E-state index is 3.32. The number of aromatic nitrogens is 2. The summed E-state index contributed by atoms with van der Waals surface area (Å²) in [7, 11) is -0.832. The monoisotopic (exact) mass is 347 g/mol. The highest BCUT2D eigenvalue weighted by Crippen LogP contribution is 2.14. The van der Waals surface area contributed by atoms with Gasteiger partial charge >= 0.3 is 0 Å². The predicted octanol–water partition coefficient (Wildman–Crippen LogP) is 5.57. The van der Waals surface area contributed by atoms with Gasteiger partial charge in [-0.05, 0) is 19.3 Å². The highest BCUT2D eigenvalue weighted by molar-refractivity contribution is 6.76. The van der Waals surface area contributed by atoms with Crippen LogP contribution in [0.15, 0.2) is 12.4 Å². The molecule has 0 atom stereocenters. The minimum absolute atomic E-state index is 0.832. The van der Waals surface area contributed by atoms with Crippen LogP contribution in [0, 0.1) is 18.8 Å². The lowest BCUT2D eigenvalue weighted by molar-refractivity contribution is -0.702. The first-order valence-electron chi connectivity index (χ1n) is 9.95. The van der Waals surface area contributed by atoms with Crippen molar-refractivity contribution in [2.45, 2.75) is 104 Å². The van der Waals surface area contributed by atoms with Gasteiger partial charge in [-0.3, -0.25) is 0 Å². The largest absolute Gasteiger partial charge is 0.254 e. The highest BCUT2D eigenvalue weighted by atomic mass is 28.3. The summed E-state index contributed by atoms with van der Waals surface area (Å²) in [6, 6.07) is 1.48. The number of rotatable bonds is 11. The van der Waals surface area contributed by atoms with E-state index in [0.717, 1.165) is 19.5 Å². The average molecular weight is 348 g/mol. The summed E-state index contributed by atoms with van der Waals surface area (Å²) in [5, 5.41) is 0. The Hall–Kier alpha value is -1.01. The minimum atomic E-state index is -0.832. The summed E-state index contributed by atoms with van der Waals surface area (Å²) < 4.78 is 4.66. The maximum atomic E-state index is 3.32. The van der Waals surface area contributed by atoms with E-state index < -0.39 is 8.07 Å². The molecule has 0 aliphatic carbocycles. The lowest BCUT2D eigenvalue weighted by Crippen LogP contribution is -2.35. The molecule has 0 amide bonds. The molecule has 0 spiro atoms. The van der Waals surface area contributed by atoms with Crippen molar-refractivity contribution in [2.75, 3.05) is 0 Å². The number of imidazole rings is 1. The molecule has 1 heterocycles. The molecule has 1 aromatic rings. The summed E-state index contributed by atoms with van der Waals surface area (Å²) in [5.41, 5.74) is 0. The normalized spacial score (nSPS) is 11.4. The number of aryl methyl sites for hydroxylation is 1. The molecule has 0 N–H and O–H groups in total. The molecule has 3 heteroatoms. The van der Waals surface area contributed by atoms with E-state index in [2.05, 4.69) is 66.9 Å². The Morgan fingerprint density at radius 3 is 2.46 bits per heavy atom. The molecule has 0 saturated carbocycles. The van der Waals surface area contributed by atoms with Crippen LogP contribution in [0.5, 0.6) is 0 Å². The Morgan fingerprint density at radius 2 is 1.75 bits per heavy atom. The van der Waals surface area contributed by atoms with Gasteiger partial charge in [0, 0.05) is 21.4 Å². The van der Waals surface area contributed by atoms with E-state index in [-0.39, 0.29) is 0 Å². The molecule has 1 rings (SSSR count). The molecule has 0 fully saturated rings. The second-order valence-corrected chi connectivity index (χ2v) is 13.8. The topological polar surface area (TPSA) is 8.81 Å². The third-order valence-corrected chi connectivity index (χ3v) is 6.47. The van der Waals surface area contributed by atoms with Crippen LogP contribution in [0.25, 0.3) is 0 Å². The molecular formula is C21H39N2Si+. The fourth-order valence-electron chi connectivity index (χ4n) is 2.93. The molecule has 0 aromatic carbocycles. The third kappa shape index (κ3) is 9.32. The van der Waals surface area contributed by atoms with E-state index >= 15 is 0 Å². The van der Waals surface area contributed by atoms with Gasteiger partial charge in [0.25, 0.3) is 5.82 Å². The molecule has 1 aromatic heterocycles. The van der Waals surface area contributed by atoms with Crippen molar-refractivity contribution in [3.63, 3.8) is 0 Å². The van der Waals surface area contributed by atoms with Crippen molar-refractivity contribution >= 4 is 8.07 Å². The van der Waals surface area contributed by atoms with Gasteiger partial charge in [0.1, 0.15) is 12.4 Å². The molecule has 0 unspecified atom stereocenters. The van der Waals surface area contributed by atoms with Gasteiger partial charge in [-0.25, -0.2) is 9.13 Å². The number of hydrogen-bond donors (Lipinski definition) is 0. The Morgan fingerprint density at radius 1 is 1.00 bits per heavy atom. The standard InChI is InChI=1S/C21H39N2Si/c1-6-7-8-9-10-13-16-22-18-19-23(21(22)2)17-14-11-12-15-20-24(3,4)5/h18-19H,6-9,11-12,14-17,20H2,1-5H3/q+1. The van der Waals surface area contributed by atoms with E-state index in [1.165, 1.54) is 56.8 Å². The molecule has 24 heavy (non-hydrogen) atoms. The Kier molecular flexibility index (Phi) is 10.1. The van der Waals surface area contributed by atoms with Crippen molar-refractivity contribution < 1.29 is 4.57 Å². The smallest absolute Gasteiger partial charge is 0.234 e. The fraction of sp³-hybridized carbons (Fsp3) is 0.762.